The summed E-state index contributed by atoms with van der Waals surface area (Å²) in [5.41, 5.74) is 1.37. The molecule has 2 rings (SSSR count). The minimum Gasteiger partial charge on any atom is -0.493 e. The summed E-state index contributed by atoms with van der Waals surface area (Å²) in [4.78, 5) is 26.0. The average molecular weight is 445 g/mol. The minimum absolute atomic E-state index is 0.159. The molecule has 0 atom stereocenters. The third-order valence-electron chi connectivity index (χ3n) is 4.46. The zero-order valence-corrected chi connectivity index (χ0v) is 19.1. The molecule has 0 aliphatic carbocycles. The van der Waals surface area contributed by atoms with Crippen LogP contribution in [0.3, 0.4) is 0 Å². The summed E-state index contributed by atoms with van der Waals surface area (Å²) in [5.74, 6) is 0.00309. The number of hydrogen-bond donors (Lipinski definition) is 1. The first kappa shape index (κ1) is 23.8. The SMILES string of the molecule is CCOC(=O)c1c(NC(=O)C(C#N)=Cc2cc(OC)c(OC)c(OC)c2)sc(C)c1C. The number of amides is 1. The van der Waals surface area contributed by atoms with Gasteiger partial charge < -0.3 is 24.3 Å². The molecule has 0 unspecified atom stereocenters. The highest BCUT2D eigenvalue weighted by Gasteiger charge is 2.23. The predicted octanol–water partition coefficient (Wildman–Crippen LogP) is 4.11. The normalized spacial score (nSPS) is 10.8. The van der Waals surface area contributed by atoms with Crippen molar-refractivity contribution in [1.29, 1.82) is 5.26 Å². The van der Waals surface area contributed by atoms with E-state index in [1.54, 1.807) is 26.0 Å². The molecule has 31 heavy (non-hydrogen) atoms. The number of rotatable bonds is 8. The van der Waals surface area contributed by atoms with Crippen molar-refractivity contribution in [3.05, 3.63) is 39.3 Å². The molecular formula is C22H24N2O6S. The largest absolute Gasteiger partial charge is 0.493 e. The fourth-order valence-electron chi connectivity index (χ4n) is 2.83. The Labute approximate surface area is 185 Å². The predicted molar refractivity (Wildman–Crippen MR) is 118 cm³/mol. The smallest absolute Gasteiger partial charge is 0.341 e. The summed E-state index contributed by atoms with van der Waals surface area (Å²) in [6.07, 6.45) is 1.40. The van der Waals surface area contributed by atoms with E-state index in [2.05, 4.69) is 5.32 Å². The van der Waals surface area contributed by atoms with Gasteiger partial charge in [0, 0.05) is 4.88 Å². The van der Waals surface area contributed by atoms with Crippen LogP contribution in [0.25, 0.3) is 6.08 Å². The fourth-order valence-corrected chi connectivity index (χ4v) is 3.88. The zero-order valence-electron chi connectivity index (χ0n) is 18.2. The van der Waals surface area contributed by atoms with Crippen LogP contribution in [-0.4, -0.2) is 39.8 Å². The van der Waals surface area contributed by atoms with Crippen LogP contribution in [0, 0.1) is 25.2 Å². The maximum absolute atomic E-state index is 12.8. The van der Waals surface area contributed by atoms with Crippen molar-refractivity contribution in [1.82, 2.24) is 0 Å². The number of aryl methyl sites for hydroxylation is 1. The summed E-state index contributed by atoms with van der Waals surface area (Å²) in [6, 6.07) is 5.14. The van der Waals surface area contributed by atoms with E-state index in [1.807, 2.05) is 13.0 Å². The van der Waals surface area contributed by atoms with Gasteiger partial charge in [0.25, 0.3) is 5.91 Å². The van der Waals surface area contributed by atoms with Gasteiger partial charge in [0.2, 0.25) is 5.75 Å². The number of esters is 1. The van der Waals surface area contributed by atoms with Crippen LogP contribution in [0.5, 0.6) is 17.2 Å². The van der Waals surface area contributed by atoms with E-state index in [1.165, 1.54) is 38.7 Å². The molecule has 0 saturated heterocycles. The first-order valence-electron chi connectivity index (χ1n) is 9.31. The molecule has 164 valence electrons. The number of anilines is 1. The Morgan fingerprint density at radius 1 is 1.13 bits per heavy atom. The maximum Gasteiger partial charge on any atom is 0.341 e. The molecule has 0 radical (unpaired) electrons. The lowest BCUT2D eigenvalue weighted by Crippen LogP contribution is -2.16. The van der Waals surface area contributed by atoms with Crippen LogP contribution in [0.2, 0.25) is 0 Å². The Bertz CT molecular complexity index is 1040. The maximum atomic E-state index is 12.8. The number of benzene rings is 1. The van der Waals surface area contributed by atoms with Crippen LogP contribution in [0.1, 0.15) is 33.3 Å². The molecule has 0 bridgehead atoms. The van der Waals surface area contributed by atoms with Gasteiger partial charge in [-0.15, -0.1) is 11.3 Å². The van der Waals surface area contributed by atoms with Crippen molar-refractivity contribution in [3.63, 3.8) is 0 Å². The van der Waals surface area contributed by atoms with Crippen LogP contribution in [0.15, 0.2) is 17.7 Å². The summed E-state index contributed by atoms with van der Waals surface area (Å²) < 4.78 is 21.0. The van der Waals surface area contributed by atoms with Gasteiger partial charge in [-0.1, -0.05) is 0 Å². The molecule has 1 aromatic carbocycles. The van der Waals surface area contributed by atoms with E-state index in [4.69, 9.17) is 18.9 Å². The van der Waals surface area contributed by atoms with E-state index in [9.17, 15) is 14.9 Å². The van der Waals surface area contributed by atoms with Gasteiger partial charge in [-0.25, -0.2) is 4.79 Å². The van der Waals surface area contributed by atoms with Gasteiger partial charge in [0.05, 0.1) is 33.5 Å². The van der Waals surface area contributed by atoms with E-state index in [0.717, 1.165) is 10.4 Å². The zero-order chi connectivity index (χ0) is 23.1. The Balaban J connectivity index is 2.42. The van der Waals surface area contributed by atoms with E-state index in [-0.39, 0.29) is 12.2 Å². The number of nitrogens with zero attached hydrogens (tertiary/aromatic N) is 1. The van der Waals surface area contributed by atoms with E-state index >= 15 is 0 Å². The van der Waals surface area contributed by atoms with Gasteiger partial charge in [-0.3, -0.25) is 4.79 Å². The summed E-state index contributed by atoms with van der Waals surface area (Å²) in [6.45, 7) is 5.55. The monoisotopic (exact) mass is 444 g/mol. The van der Waals surface area contributed by atoms with Crippen molar-refractivity contribution < 1.29 is 28.5 Å². The molecule has 0 fully saturated rings. The van der Waals surface area contributed by atoms with Crippen molar-refractivity contribution >= 4 is 34.3 Å². The molecule has 1 aromatic heterocycles. The molecule has 1 heterocycles. The second kappa shape index (κ2) is 10.5. The lowest BCUT2D eigenvalue weighted by atomic mass is 10.1. The number of nitriles is 1. The van der Waals surface area contributed by atoms with Crippen LogP contribution in [0.4, 0.5) is 5.00 Å². The second-order valence-corrected chi connectivity index (χ2v) is 7.52. The molecular weight excluding hydrogens is 420 g/mol. The van der Waals surface area contributed by atoms with Gasteiger partial charge >= 0.3 is 5.97 Å². The first-order valence-corrected chi connectivity index (χ1v) is 10.1. The fraction of sp³-hybridized carbons (Fsp3) is 0.318. The van der Waals surface area contributed by atoms with Crippen LogP contribution >= 0.6 is 11.3 Å². The Hall–Kier alpha value is -3.51. The molecule has 1 amide bonds. The minimum atomic E-state index is -0.650. The van der Waals surface area contributed by atoms with Gasteiger partial charge in [-0.2, -0.15) is 5.26 Å². The third-order valence-corrected chi connectivity index (χ3v) is 5.58. The number of nitrogens with one attached hydrogen (secondary N) is 1. The van der Waals surface area contributed by atoms with Crippen LogP contribution in [-0.2, 0) is 9.53 Å². The number of hydrogen-bond acceptors (Lipinski definition) is 8. The number of methoxy groups -OCH3 is 3. The first-order chi connectivity index (χ1) is 14.8. The molecule has 9 heteroatoms. The molecule has 1 N–H and O–H groups in total. The number of carbonyl (C=O) groups excluding carboxylic acids is 2. The Kier molecular flexibility index (Phi) is 8.05. The highest BCUT2D eigenvalue weighted by Crippen LogP contribution is 2.39. The standard InChI is InChI=1S/C22H24N2O6S/c1-7-30-22(26)18-12(2)13(3)31-21(18)24-20(25)15(11-23)8-14-9-16(27-4)19(29-6)17(10-14)28-5/h8-10H,7H2,1-6H3,(H,24,25). The lowest BCUT2D eigenvalue weighted by Gasteiger charge is -2.13. The van der Waals surface area contributed by atoms with Gasteiger partial charge in [0.1, 0.15) is 16.6 Å². The Morgan fingerprint density at radius 3 is 2.23 bits per heavy atom. The van der Waals surface area contributed by atoms with Crippen LogP contribution < -0.4 is 19.5 Å². The third kappa shape index (κ3) is 5.16. The lowest BCUT2D eigenvalue weighted by molar-refractivity contribution is -0.112. The van der Waals surface area contributed by atoms with Gasteiger partial charge in [0.15, 0.2) is 11.5 Å². The quantitative estimate of drug-likeness (QED) is 0.371. The molecule has 0 aliphatic rings. The van der Waals surface area contributed by atoms with Gasteiger partial charge in [-0.05, 0) is 50.1 Å². The van der Waals surface area contributed by atoms with E-state index < -0.39 is 11.9 Å². The summed E-state index contributed by atoms with van der Waals surface area (Å²) in [7, 11) is 4.43. The molecule has 2 aromatic rings. The van der Waals surface area contributed by atoms with Crippen molar-refractivity contribution in [2.75, 3.05) is 33.3 Å². The molecule has 8 nitrogen and oxygen atoms in total. The molecule has 0 aliphatic heterocycles. The number of thiophene rings is 1. The average Bonchev–Trinajstić information content (AvgIpc) is 3.03. The van der Waals surface area contributed by atoms with E-state index in [0.29, 0.717) is 33.4 Å². The summed E-state index contributed by atoms with van der Waals surface area (Å²) in [5, 5.41) is 12.6. The topological polar surface area (TPSA) is 107 Å². The number of carbonyl (C=O) groups is 2. The second-order valence-electron chi connectivity index (χ2n) is 6.29. The van der Waals surface area contributed by atoms with Crippen molar-refractivity contribution in [2.45, 2.75) is 20.8 Å². The van der Waals surface area contributed by atoms with Crippen molar-refractivity contribution in [3.8, 4) is 23.3 Å². The Morgan fingerprint density at radius 2 is 1.74 bits per heavy atom. The summed E-state index contributed by atoms with van der Waals surface area (Å²) >= 11 is 1.25. The molecule has 0 saturated carbocycles. The highest BCUT2D eigenvalue weighted by molar-refractivity contribution is 7.16. The highest BCUT2D eigenvalue weighted by atomic mass is 32.1. The van der Waals surface area contributed by atoms with Crippen molar-refractivity contribution in [2.24, 2.45) is 0 Å². The molecule has 0 spiro atoms. The number of ether oxygens (including phenoxy) is 4.